The van der Waals surface area contributed by atoms with Gasteiger partial charge in [-0.1, -0.05) is 41.4 Å². The highest BCUT2D eigenvalue weighted by atomic mass is 35.5. The van der Waals surface area contributed by atoms with E-state index in [9.17, 15) is 14.0 Å². The molecule has 0 saturated heterocycles. The van der Waals surface area contributed by atoms with Crippen LogP contribution in [0.15, 0.2) is 72.8 Å². The minimum atomic E-state index is -0.565. The molecule has 2 N–H and O–H groups in total. The molecule has 0 radical (unpaired) electrons. The first-order chi connectivity index (χ1) is 17.3. The summed E-state index contributed by atoms with van der Waals surface area (Å²) in [6.45, 7) is 2.07. The largest absolute Gasteiger partial charge is 0.466 e. The molecule has 3 aromatic carbocycles. The predicted octanol–water partition coefficient (Wildman–Crippen LogP) is 6.73. The van der Waals surface area contributed by atoms with Gasteiger partial charge in [0.25, 0.3) is 0 Å². The van der Waals surface area contributed by atoms with E-state index >= 15 is 0 Å². The molecule has 0 atom stereocenters. The maximum absolute atomic E-state index is 13.4. The van der Waals surface area contributed by atoms with Crippen LogP contribution in [0.1, 0.15) is 12.5 Å². The van der Waals surface area contributed by atoms with Gasteiger partial charge in [0.1, 0.15) is 11.6 Å². The number of hydrogen-bond donors (Lipinski definition) is 2. The van der Waals surface area contributed by atoms with Gasteiger partial charge in [0.15, 0.2) is 0 Å². The minimum Gasteiger partial charge on any atom is -0.466 e. The van der Waals surface area contributed by atoms with Crippen molar-refractivity contribution in [3.8, 4) is 16.9 Å². The lowest BCUT2D eigenvalue weighted by Gasteiger charge is -2.12. The molecule has 0 bridgehead atoms. The fourth-order valence-electron chi connectivity index (χ4n) is 3.43. The number of carbonyl (C=O) groups excluding carboxylic acids is 2. The molecule has 0 fully saturated rings. The quantitative estimate of drug-likeness (QED) is 0.261. The lowest BCUT2D eigenvalue weighted by molar-refractivity contribution is -0.142. The summed E-state index contributed by atoms with van der Waals surface area (Å²) in [5, 5.41) is 10.6. The van der Waals surface area contributed by atoms with Crippen LogP contribution in [0, 0.1) is 5.82 Å². The number of rotatable bonds is 7. The molecular weight excluding hydrogens is 506 g/mol. The molecule has 4 rings (SSSR count). The first-order valence-corrected chi connectivity index (χ1v) is 11.7. The van der Waals surface area contributed by atoms with Crippen molar-refractivity contribution in [3.05, 3.63) is 94.2 Å². The van der Waals surface area contributed by atoms with E-state index in [2.05, 4.69) is 15.7 Å². The Labute approximate surface area is 216 Å². The van der Waals surface area contributed by atoms with E-state index in [1.165, 1.54) is 16.8 Å². The average Bonchev–Trinajstić information content (AvgIpc) is 3.26. The van der Waals surface area contributed by atoms with Crippen LogP contribution < -0.4 is 10.6 Å². The highest BCUT2D eigenvalue weighted by Gasteiger charge is 2.16. The van der Waals surface area contributed by atoms with Crippen molar-refractivity contribution in [2.24, 2.45) is 0 Å². The van der Waals surface area contributed by atoms with Crippen molar-refractivity contribution in [2.45, 2.75) is 13.3 Å². The number of halogens is 3. The van der Waals surface area contributed by atoms with Gasteiger partial charge < -0.3 is 10.1 Å². The molecular formula is C26H21Cl2FN4O3. The highest BCUT2D eigenvalue weighted by Crippen LogP contribution is 2.30. The molecule has 1 aromatic heterocycles. The Balaban J connectivity index is 1.63. The number of amides is 2. The smallest absolute Gasteiger partial charge is 0.324 e. The van der Waals surface area contributed by atoms with Crippen molar-refractivity contribution in [2.75, 3.05) is 17.2 Å². The summed E-state index contributed by atoms with van der Waals surface area (Å²) in [6, 6.07) is 19.0. The number of anilines is 2. The van der Waals surface area contributed by atoms with Crippen LogP contribution in [0.3, 0.4) is 0 Å². The summed E-state index contributed by atoms with van der Waals surface area (Å²) in [5.74, 6) is -0.337. The van der Waals surface area contributed by atoms with Crippen LogP contribution in [-0.4, -0.2) is 28.4 Å². The zero-order chi connectivity index (χ0) is 25.7. The number of nitrogens with one attached hydrogen (secondary N) is 2. The molecule has 2 amide bonds. The Hall–Kier alpha value is -3.88. The molecule has 0 aliphatic carbocycles. The third-order valence-electron chi connectivity index (χ3n) is 5.13. The maximum atomic E-state index is 13.4. The summed E-state index contributed by atoms with van der Waals surface area (Å²) in [6.07, 6.45) is 0.141. The number of ether oxygens (including phenoxy) is 1. The van der Waals surface area contributed by atoms with Gasteiger partial charge in [-0.3, -0.25) is 10.1 Å². The SMILES string of the molecule is CCOC(=O)Cc1ccc(-n2nc(-c3ccc(F)cc3)cc2NC(=O)Nc2cccc(Cl)c2Cl)cc1. The second-order valence-electron chi connectivity index (χ2n) is 7.66. The van der Waals surface area contributed by atoms with E-state index in [1.54, 1.807) is 67.6 Å². The van der Waals surface area contributed by atoms with Gasteiger partial charge in [-0.2, -0.15) is 5.10 Å². The number of nitrogens with zero attached hydrogens (tertiary/aromatic N) is 2. The zero-order valence-corrected chi connectivity index (χ0v) is 20.6. The molecule has 0 unspecified atom stereocenters. The van der Waals surface area contributed by atoms with E-state index in [0.29, 0.717) is 40.1 Å². The first-order valence-electron chi connectivity index (χ1n) is 11.0. The van der Waals surface area contributed by atoms with Crippen molar-refractivity contribution in [3.63, 3.8) is 0 Å². The third kappa shape index (κ3) is 6.02. The lowest BCUT2D eigenvalue weighted by Crippen LogP contribution is -2.21. The first kappa shape index (κ1) is 25.2. The maximum Gasteiger partial charge on any atom is 0.324 e. The molecule has 36 heavy (non-hydrogen) atoms. The summed E-state index contributed by atoms with van der Waals surface area (Å²) in [7, 11) is 0. The van der Waals surface area contributed by atoms with Crippen molar-refractivity contribution in [1.29, 1.82) is 0 Å². The van der Waals surface area contributed by atoms with Gasteiger partial charge in [-0.25, -0.2) is 13.9 Å². The topological polar surface area (TPSA) is 85.2 Å². The molecule has 10 heteroatoms. The third-order valence-corrected chi connectivity index (χ3v) is 5.94. The molecule has 1 heterocycles. The standard InChI is InChI=1S/C26H21Cl2FN4O3/c1-2-36-24(34)14-16-6-12-19(13-7-16)33-23(15-22(32-33)17-8-10-18(29)11-9-17)31-26(35)30-21-5-3-4-20(27)25(21)28/h3-13,15H,2,14H2,1H3,(H2,30,31,35). The Bertz CT molecular complexity index is 1390. The van der Waals surface area contributed by atoms with Gasteiger partial charge >= 0.3 is 12.0 Å². The number of hydrogen-bond acceptors (Lipinski definition) is 4. The Kier molecular flexibility index (Phi) is 7.87. The average molecular weight is 527 g/mol. The molecule has 0 aliphatic rings. The Morgan fingerprint density at radius 2 is 1.72 bits per heavy atom. The summed E-state index contributed by atoms with van der Waals surface area (Å²) < 4.78 is 20.0. The Morgan fingerprint density at radius 3 is 2.42 bits per heavy atom. The van der Waals surface area contributed by atoms with Crippen LogP contribution in [0.5, 0.6) is 0 Å². The molecule has 4 aromatic rings. The van der Waals surface area contributed by atoms with E-state index < -0.39 is 6.03 Å². The van der Waals surface area contributed by atoms with Gasteiger partial charge in [-0.05, 0) is 61.0 Å². The zero-order valence-electron chi connectivity index (χ0n) is 19.1. The monoisotopic (exact) mass is 526 g/mol. The molecule has 0 spiro atoms. The van der Waals surface area contributed by atoms with Crippen LogP contribution in [0.2, 0.25) is 10.0 Å². The van der Waals surface area contributed by atoms with Crippen LogP contribution >= 0.6 is 23.2 Å². The van der Waals surface area contributed by atoms with E-state index in [4.69, 9.17) is 27.9 Å². The fraction of sp³-hybridized carbons (Fsp3) is 0.115. The van der Waals surface area contributed by atoms with E-state index in [-0.39, 0.29) is 23.2 Å². The number of benzene rings is 3. The lowest BCUT2D eigenvalue weighted by atomic mass is 10.1. The van der Waals surface area contributed by atoms with Gasteiger partial charge in [0.05, 0.1) is 40.1 Å². The molecule has 7 nitrogen and oxygen atoms in total. The van der Waals surface area contributed by atoms with Gasteiger partial charge in [-0.15, -0.1) is 0 Å². The molecule has 0 saturated carbocycles. The summed E-state index contributed by atoms with van der Waals surface area (Å²) in [5.41, 5.74) is 2.92. The predicted molar refractivity (Wildman–Crippen MR) is 138 cm³/mol. The highest BCUT2D eigenvalue weighted by molar-refractivity contribution is 6.44. The number of urea groups is 1. The Morgan fingerprint density at radius 1 is 1.00 bits per heavy atom. The van der Waals surface area contributed by atoms with Crippen LogP contribution in [0.4, 0.5) is 20.7 Å². The molecule has 184 valence electrons. The van der Waals surface area contributed by atoms with Gasteiger partial charge in [0.2, 0.25) is 0 Å². The van der Waals surface area contributed by atoms with Crippen molar-refractivity contribution >= 4 is 46.7 Å². The number of carbonyl (C=O) groups is 2. The van der Waals surface area contributed by atoms with Crippen LogP contribution in [0.25, 0.3) is 16.9 Å². The molecule has 0 aliphatic heterocycles. The minimum absolute atomic E-state index is 0.141. The fourth-order valence-corrected chi connectivity index (χ4v) is 3.78. The van der Waals surface area contributed by atoms with E-state index in [1.807, 2.05) is 0 Å². The normalized spacial score (nSPS) is 10.7. The summed E-state index contributed by atoms with van der Waals surface area (Å²) >= 11 is 12.2. The van der Waals surface area contributed by atoms with Gasteiger partial charge in [0, 0.05) is 11.6 Å². The second kappa shape index (κ2) is 11.2. The number of esters is 1. The van der Waals surface area contributed by atoms with Crippen molar-refractivity contribution < 1.29 is 18.7 Å². The van der Waals surface area contributed by atoms with E-state index in [0.717, 1.165) is 5.56 Å². The second-order valence-corrected chi connectivity index (χ2v) is 8.45. The van der Waals surface area contributed by atoms with Crippen molar-refractivity contribution in [1.82, 2.24) is 9.78 Å². The van der Waals surface area contributed by atoms with Crippen LogP contribution in [-0.2, 0) is 16.0 Å². The number of aromatic nitrogens is 2. The summed E-state index contributed by atoms with van der Waals surface area (Å²) in [4.78, 5) is 24.6.